The topological polar surface area (TPSA) is 186 Å². The van der Waals surface area contributed by atoms with E-state index in [4.69, 9.17) is 33.7 Å². The Morgan fingerprint density at radius 2 is 1.31 bits per heavy atom. The van der Waals surface area contributed by atoms with Gasteiger partial charge in [-0.05, 0) is 176 Å². The number of amides is 4. The molecule has 16 nitrogen and oxygen atoms in total. The molecule has 0 spiro atoms. The molecule has 72 heavy (non-hydrogen) atoms. The van der Waals surface area contributed by atoms with Crippen LogP contribution >= 0.6 is 0 Å². The van der Waals surface area contributed by atoms with Crippen molar-refractivity contribution in [3.8, 4) is 28.1 Å². The van der Waals surface area contributed by atoms with Gasteiger partial charge in [0.25, 0.3) is 0 Å². The van der Waals surface area contributed by atoms with Crippen molar-refractivity contribution in [2.45, 2.75) is 180 Å². The molecule has 4 saturated heterocycles. The van der Waals surface area contributed by atoms with E-state index in [0.29, 0.717) is 44.5 Å². The van der Waals surface area contributed by atoms with Gasteiger partial charge in [-0.3, -0.25) is 14.6 Å². The number of ether oxygens (including phenoxy) is 5. The average molecular weight is 986 g/mol. The number of aliphatic imine (C=N–C) groups is 1. The highest BCUT2D eigenvalue weighted by atomic mass is 16.6. The molecule has 10 rings (SSSR count). The number of imidazole rings is 1. The summed E-state index contributed by atoms with van der Waals surface area (Å²) in [7, 11) is 0. The smallest absolute Gasteiger partial charge is 0.407 e. The van der Waals surface area contributed by atoms with Crippen molar-refractivity contribution in [2.24, 2.45) is 16.8 Å². The first-order valence-corrected chi connectivity index (χ1v) is 26.5. The van der Waals surface area contributed by atoms with E-state index in [-0.39, 0.29) is 85.4 Å². The van der Waals surface area contributed by atoms with E-state index in [0.717, 1.165) is 87.1 Å². The van der Waals surface area contributed by atoms with Crippen LogP contribution in [0.1, 0.15) is 130 Å². The van der Waals surface area contributed by atoms with Crippen LogP contribution in [0.25, 0.3) is 33.2 Å². The van der Waals surface area contributed by atoms with E-state index in [1.54, 1.807) is 13.8 Å². The molecule has 4 aromatic rings. The summed E-state index contributed by atoms with van der Waals surface area (Å²) in [5.41, 5.74) is 7.99. The van der Waals surface area contributed by atoms with E-state index in [1.807, 2.05) is 43.7 Å². The Kier molecular flexibility index (Phi) is 14.1. The summed E-state index contributed by atoms with van der Waals surface area (Å²) in [5.74, 6) is 1.14. The summed E-state index contributed by atoms with van der Waals surface area (Å²) in [6.45, 7) is 16.6. The molecule has 0 radical (unpaired) electrons. The number of nitrogens with one attached hydrogen (secondary N) is 3. The molecule has 384 valence electrons. The van der Waals surface area contributed by atoms with Crippen LogP contribution in [0.4, 0.5) is 15.3 Å². The fourth-order valence-electron chi connectivity index (χ4n) is 13.0. The first kappa shape index (κ1) is 49.6. The average Bonchev–Trinajstić information content (AvgIpc) is 4.17. The van der Waals surface area contributed by atoms with Crippen molar-refractivity contribution in [3.05, 3.63) is 65.6 Å². The van der Waals surface area contributed by atoms with Crippen molar-refractivity contribution in [2.75, 3.05) is 13.2 Å². The molecule has 4 amide bonds. The summed E-state index contributed by atoms with van der Waals surface area (Å²) in [4.78, 5) is 72.7. The van der Waals surface area contributed by atoms with Crippen LogP contribution in [0.2, 0.25) is 0 Å². The van der Waals surface area contributed by atoms with Gasteiger partial charge in [0.15, 0.2) is 0 Å². The maximum absolute atomic E-state index is 14.8. The fraction of sp³-hybridized carbons (Fsp3) is 0.571. The number of H-pyrrole nitrogens is 1. The Morgan fingerprint density at radius 1 is 0.722 bits per heavy atom. The molecule has 0 bridgehead atoms. The van der Waals surface area contributed by atoms with Gasteiger partial charge in [0.2, 0.25) is 11.8 Å². The standard InChI is InChI=1S/C56H71N7O9/c1-9-68-55(66)60-50(37-19-31(5)71-32(6)20-37)53(64)62-29(3)11-17-47(62)45-25-42-41-26-49-43(24-35(41)14-16-44(42)58-45)40-15-13-36(23-39(40)28-70-49)46-27-57-52(59-46)48-18-12-30(4)63(48)54(65)51(61-56(67)69-10-2)38-21-33(7)72-34(8)22-38/h13-16,23-24,26-27,29-34,37-38,47-48,50-51H,9-12,17-22,25,28H2,1-8H3,(H,57,59)(H,60,66)(H,61,67)/t29-,30-,31+,32+,33+,34+,47-,48-,50-,51-/m0/s1. The van der Waals surface area contributed by atoms with Gasteiger partial charge in [-0.1, -0.05) is 18.2 Å². The largest absolute Gasteiger partial charge is 0.488 e. The minimum absolute atomic E-state index is 0.0167. The summed E-state index contributed by atoms with van der Waals surface area (Å²) in [6.07, 6.45) is 7.04. The molecule has 0 saturated carbocycles. The second kappa shape index (κ2) is 20.5. The lowest BCUT2D eigenvalue weighted by atomic mass is 9.85. The molecule has 3 N–H and O–H groups in total. The molecular weight excluding hydrogens is 915 g/mol. The van der Waals surface area contributed by atoms with Gasteiger partial charge in [0.1, 0.15) is 30.3 Å². The van der Waals surface area contributed by atoms with Crippen LogP contribution in [0, 0.1) is 11.8 Å². The lowest BCUT2D eigenvalue weighted by Gasteiger charge is -2.39. The molecule has 10 atom stereocenters. The summed E-state index contributed by atoms with van der Waals surface area (Å²) < 4.78 is 29.2. The molecule has 3 aromatic carbocycles. The highest BCUT2D eigenvalue weighted by molar-refractivity contribution is 6.07. The molecule has 1 aromatic heterocycles. The molecule has 0 aliphatic carbocycles. The third-order valence-electron chi connectivity index (χ3n) is 16.1. The number of fused-ring (bicyclic) bond motifs is 6. The van der Waals surface area contributed by atoms with Crippen LogP contribution in [0.3, 0.4) is 0 Å². The number of carbonyl (C=O) groups is 4. The number of hydrogen-bond acceptors (Lipinski definition) is 11. The number of likely N-dealkylation sites (tertiary alicyclic amines) is 2. The SMILES string of the molecule is CCOC(=O)N[C@H](C(=O)N1[C@@H](C)CC[C@H]1C1=Nc2ccc3cc4c(cc3c2C1)OCc1cc(-c2cnc([C@@H]3CC[C@H](C)N3C(=O)[C@@H](NC(=O)OCC)C3C[C@@H](C)O[C@H](C)C3)[nH]2)ccc1-4)C1C[C@@H](C)O[C@H](C)C1. The zero-order valence-corrected chi connectivity index (χ0v) is 43.0. The van der Waals surface area contributed by atoms with Crippen molar-refractivity contribution >= 4 is 46.2 Å². The van der Waals surface area contributed by atoms with Crippen molar-refractivity contribution in [1.29, 1.82) is 0 Å². The van der Waals surface area contributed by atoms with Gasteiger partial charge in [0.05, 0.1) is 67.3 Å². The lowest BCUT2D eigenvalue weighted by Crippen LogP contribution is -2.57. The van der Waals surface area contributed by atoms with Crippen LogP contribution in [-0.4, -0.2) is 117 Å². The third-order valence-corrected chi connectivity index (χ3v) is 16.1. The van der Waals surface area contributed by atoms with Crippen LogP contribution in [-0.2, 0) is 41.6 Å². The number of nitrogens with zero attached hydrogens (tertiary/aromatic N) is 4. The molecule has 0 unspecified atom stereocenters. The minimum atomic E-state index is -0.746. The zero-order valence-electron chi connectivity index (χ0n) is 43.0. The molecule has 6 aliphatic heterocycles. The van der Waals surface area contributed by atoms with Crippen LogP contribution in [0.15, 0.2) is 53.7 Å². The Bertz CT molecular complexity index is 2740. The van der Waals surface area contributed by atoms with E-state index in [9.17, 15) is 19.2 Å². The number of alkyl carbamates (subject to hydrolysis) is 2. The van der Waals surface area contributed by atoms with Gasteiger partial charge >= 0.3 is 12.2 Å². The second-order valence-electron chi connectivity index (χ2n) is 21.3. The van der Waals surface area contributed by atoms with Gasteiger partial charge in [-0.25, -0.2) is 14.6 Å². The van der Waals surface area contributed by atoms with Gasteiger partial charge in [-0.2, -0.15) is 0 Å². The maximum atomic E-state index is 14.8. The molecule has 6 aliphatic rings. The predicted molar refractivity (Wildman–Crippen MR) is 273 cm³/mol. The molecular formula is C56H71N7O9. The number of rotatable bonds is 11. The quantitative estimate of drug-likeness (QED) is 0.131. The van der Waals surface area contributed by atoms with Crippen molar-refractivity contribution in [3.63, 3.8) is 0 Å². The fourth-order valence-corrected chi connectivity index (χ4v) is 13.0. The molecule has 16 heteroatoms. The lowest BCUT2D eigenvalue weighted by molar-refractivity contribution is -0.140. The van der Waals surface area contributed by atoms with Crippen LogP contribution in [0.5, 0.6) is 5.75 Å². The zero-order chi connectivity index (χ0) is 50.5. The van der Waals surface area contributed by atoms with E-state index in [2.05, 4.69) is 71.9 Å². The summed E-state index contributed by atoms with van der Waals surface area (Å²) in [6, 6.07) is 13.0. The summed E-state index contributed by atoms with van der Waals surface area (Å²) >= 11 is 0. The highest BCUT2D eigenvalue weighted by Gasteiger charge is 2.47. The van der Waals surface area contributed by atoms with E-state index < -0.39 is 24.3 Å². The third kappa shape index (κ3) is 9.68. The maximum Gasteiger partial charge on any atom is 0.407 e. The summed E-state index contributed by atoms with van der Waals surface area (Å²) in [5, 5.41) is 8.08. The number of benzene rings is 3. The number of aromatic amines is 1. The molecule has 7 heterocycles. The Morgan fingerprint density at radius 3 is 1.90 bits per heavy atom. The van der Waals surface area contributed by atoms with Crippen molar-refractivity contribution < 1.29 is 42.9 Å². The Hall–Kier alpha value is -6.00. The monoisotopic (exact) mass is 986 g/mol. The van der Waals surface area contributed by atoms with Gasteiger partial charge < -0.3 is 49.1 Å². The minimum Gasteiger partial charge on any atom is -0.488 e. The second-order valence-corrected chi connectivity index (χ2v) is 21.3. The predicted octanol–water partition coefficient (Wildman–Crippen LogP) is 9.49. The van der Waals surface area contributed by atoms with Crippen LogP contribution < -0.4 is 15.4 Å². The number of hydrogen-bond donors (Lipinski definition) is 3. The van der Waals surface area contributed by atoms with E-state index >= 15 is 0 Å². The first-order valence-electron chi connectivity index (χ1n) is 26.5. The van der Waals surface area contributed by atoms with Crippen molar-refractivity contribution in [1.82, 2.24) is 30.4 Å². The normalized spacial score (nSPS) is 28.5. The Labute approximate surface area is 422 Å². The van der Waals surface area contributed by atoms with Gasteiger partial charge in [0, 0.05) is 29.8 Å². The number of carbonyl (C=O) groups excluding carboxylic acids is 4. The number of aromatic nitrogens is 2. The Balaban J connectivity index is 0.862. The first-order chi connectivity index (χ1) is 34.7. The van der Waals surface area contributed by atoms with Gasteiger partial charge in [-0.15, -0.1) is 0 Å². The van der Waals surface area contributed by atoms with E-state index in [1.165, 1.54) is 0 Å². The highest BCUT2D eigenvalue weighted by Crippen LogP contribution is 2.46. The molecule has 4 fully saturated rings.